The maximum absolute atomic E-state index is 9.18. The molecule has 2 heteroatoms. The summed E-state index contributed by atoms with van der Waals surface area (Å²) in [6.07, 6.45) is 4.59. The van der Waals surface area contributed by atoms with Gasteiger partial charge in [0.15, 0.2) is 6.20 Å². The van der Waals surface area contributed by atoms with Gasteiger partial charge in [0.1, 0.15) is 18.2 Å². The van der Waals surface area contributed by atoms with E-state index in [1.165, 1.54) is 6.42 Å². The van der Waals surface area contributed by atoms with Gasteiger partial charge in [-0.1, -0.05) is 80.6 Å². The van der Waals surface area contributed by atoms with E-state index in [9.17, 15) is 2.74 Å². The molecule has 0 amide bonds. The summed E-state index contributed by atoms with van der Waals surface area (Å²) in [5.41, 5.74) is 7.64. The van der Waals surface area contributed by atoms with E-state index in [4.69, 9.17) is 7.16 Å². The molecular weight excluding hydrogens is 450 g/mol. The summed E-state index contributed by atoms with van der Waals surface area (Å²) in [5.74, 6) is -0.0501. The molecule has 1 atom stereocenters. The lowest BCUT2D eigenvalue weighted by Crippen LogP contribution is -2.30. The third kappa shape index (κ3) is 3.89. The lowest BCUT2D eigenvalue weighted by atomic mass is 9.71. The molecule has 186 valence electrons. The average molecular weight is 491 g/mol. The van der Waals surface area contributed by atoms with Crippen molar-refractivity contribution in [3.8, 4) is 22.4 Å². The zero-order chi connectivity index (χ0) is 28.5. The molecule has 1 fully saturated rings. The maximum atomic E-state index is 9.18. The van der Waals surface area contributed by atoms with Crippen molar-refractivity contribution in [2.24, 2.45) is 18.9 Å². The van der Waals surface area contributed by atoms with Gasteiger partial charge in [0.05, 0.1) is 5.56 Å². The minimum atomic E-state index is -1.59. The monoisotopic (exact) mass is 490 g/mol. The van der Waals surface area contributed by atoms with Crippen LogP contribution in [0.2, 0.25) is 0 Å². The number of pyridine rings is 1. The van der Waals surface area contributed by atoms with Crippen LogP contribution in [0.3, 0.4) is 0 Å². The van der Waals surface area contributed by atoms with Crippen LogP contribution in [0, 0.1) is 18.8 Å². The van der Waals surface area contributed by atoms with Crippen LogP contribution in [0.15, 0.2) is 77.3 Å². The fourth-order valence-electron chi connectivity index (χ4n) is 6.56. The number of furan rings is 1. The zero-order valence-corrected chi connectivity index (χ0v) is 21.7. The average Bonchev–Trinajstić information content (AvgIpc) is 3.35. The van der Waals surface area contributed by atoms with Gasteiger partial charge in [0.25, 0.3) is 0 Å². The second-order valence-electron chi connectivity index (χ2n) is 10.9. The molecule has 2 heterocycles. The number of aryl methyl sites for hydroxylation is 3. The third-order valence-electron chi connectivity index (χ3n) is 8.59. The number of benzene rings is 3. The van der Waals surface area contributed by atoms with Crippen LogP contribution in [0.1, 0.15) is 60.7 Å². The van der Waals surface area contributed by atoms with Gasteiger partial charge in [-0.05, 0) is 66.2 Å². The van der Waals surface area contributed by atoms with E-state index in [-0.39, 0.29) is 18.3 Å². The van der Waals surface area contributed by atoms with Gasteiger partial charge in [0.2, 0.25) is 5.69 Å². The Labute approximate surface area is 225 Å². The van der Waals surface area contributed by atoms with Gasteiger partial charge in [-0.15, -0.1) is 0 Å². The summed E-state index contributed by atoms with van der Waals surface area (Å²) >= 11 is 0. The van der Waals surface area contributed by atoms with Crippen LogP contribution in [-0.4, -0.2) is 0 Å². The van der Waals surface area contributed by atoms with Gasteiger partial charge < -0.3 is 4.42 Å². The van der Waals surface area contributed by atoms with Crippen molar-refractivity contribution in [1.29, 1.82) is 0 Å². The first kappa shape index (κ1) is 18.8. The Kier molecular flexibility index (Phi) is 4.66. The largest absolute Gasteiger partial charge is 0.454 e. The highest BCUT2D eigenvalue weighted by Crippen LogP contribution is 2.42. The third-order valence-corrected chi connectivity index (χ3v) is 8.59. The first-order chi connectivity index (χ1) is 19.7. The summed E-state index contributed by atoms with van der Waals surface area (Å²) in [6.45, 7) is 2.11. The molecular formula is C35H36NO+. The molecule has 0 N–H and O–H groups in total. The summed E-state index contributed by atoms with van der Waals surface area (Å²) in [4.78, 5) is 0. The molecule has 7 rings (SSSR count). The Bertz CT molecular complexity index is 1800. The second kappa shape index (κ2) is 9.17. The molecule has 3 aromatic carbocycles. The Morgan fingerprint density at radius 2 is 1.68 bits per heavy atom. The van der Waals surface area contributed by atoms with Crippen molar-refractivity contribution < 1.29 is 14.5 Å². The highest BCUT2D eigenvalue weighted by Gasteiger charge is 2.28. The van der Waals surface area contributed by atoms with Crippen LogP contribution in [-0.2, 0) is 19.8 Å². The predicted octanol–water partition coefficient (Wildman–Crippen LogP) is 8.74. The summed E-state index contributed by atoms with van der Waals surface area (Å²) in [7, 11) is 2.04. The molecule has 0 aliphatic heterocycles. The second-order valence-corrected chi connectivity index (χ2v) is 10.9. The fraction of sp³-hybridized carbons (Fsp3) is 0.343. The van der Waals surface area contributed by atoms with Crippen molar-refractivity contribution >= 4 is 21.9 Å². The van der Waals surface area contributed by atoms with E-state index in [2.05, 4.69) is 35.8 Å². The first-order valence-electron chi connectivity index (χ1n) is 15.7. The Hall–Kier alpha value is -3.39. The molecule has 2 aliphatic carbocycles. The predicted molar refractivity (Wildman–Crippen MR) is 153 cm³/mol. The van der Waals surface area contributed by atoms with E-state index in [1.54, 1.807) is 0 Å². The topological polar surface area (TPSA) is 17.0 Å². The van der Waals surface area contributed by atoms with Crippen molar-refractivity contribution in [1.82, 2.24) is 0 Å². The minimum absolute atomic E-state index is 0.229. The molecule has 2 aliphatic rings. The molecule has 1 unspecified atom stereocenters. The van der Waals surface area contributed by atoms with Crippen LogP contribution in [0.5, 0.6) is 0 Å². The van der Waals surface area contributed by atoms with Gasteiger partial charge >= 0.3 is 0 Å². The number of para-hydroxylation sites is 1. The smallest absolute Gasteiger partial charge is 0.216 e. The molecule has 0 bridgehead atoms. The van der Waals surface area contributed by atoms with Gasteiger partial charge in [-0.25, -0.2) is 4.57 Å². The van der Waals surface area contributed by atoms with Gasteiger partial charge in [-0.2, -0.15) is 0 Å². The number of hydrogen-bond acceptors (Lipinski definition) is 1. The molecule has 1 saturated carbocycles. The maximum Gasteiger partial charge on any atom is 0.216 e. The standard InChI is InChI=1S/C35H36NO/c1-23-14-19-31-30-12-8-11-29(34(30)37-35(31)33(23)32-13-6-7-20-36(32)2)28-18-17-26-21-25(15-16-27(26)22-28)24-9-4-3-5-10-24/h6-8,11-14,17-20,22,24-25H,3-5,9-10,15-16,21H2,1-2H3/q+1/i16D2,21D2. The Balaban J connectivity index is 1.38. The highest BCUT2D eigenvalue weighted by molar-refractivity contribution is 6.13. The van der Waals surface area contributed by atoms with Crippen LogP contribution in [0.25, 0.3) is 44.3 Å². The van der Waals surface area contributed by atoms with E-state index >= 15 is 0 Å². The van der Waals surface area contributed by atoms with Crippen molar-refractivity contribution in [3.63, 3.8) is 0 Å². The van der Waals surface area contributed by atoms with E-state index in [1.807, 2.05) is 55.7 Å². The number of rotatable bonds is 3. The summed E-state index contributed by atoms with van der Waals surface area (Å²) in [6, 6.07) is 22.3. The fourth-order valence-corrected chi connectivity index (χ4v) is 6.56. The van der Waals surface area contributed by atoms with E-state index < -0.39 is 12.7 Å². The van der Waals surface area contributed by atoms with E-state index in [0.717, 1.165) is 75.6 Å². The van der Waals surface area contributed by atoms with Crippen molar-refractivity contribution in [2.45, 2.75) is 58.2 Å². The van der Waals surface area contributed by atoms with Crippen molar-refractivity contribution in [2.75, 3.05) is 0 Å². The molecule has 2 aromatic heterocycles. The van der Waals surface area contributed by atoms with Crippen LogP contribution in [0.4, 0.5) is 0 Å². The minimum Gasteiger partial charge on any atom is -0.454 e. The van der Waals surface area contributed by atoms with Crippen LogP contribution >= 0.6 is 0 Å². The molecule has 2 nitrogen and oxygen atoms in total. The summed E-state index contributed by atoms with van der Waals surface area (Å²) < 4.78 is 45.3. The molecule has 0 saturated heterocycles. The Morgan fingerprint density at radius 3 is 2.54 bits per heavy atom. The van der Waals surface area contributed by atoms with Gasteiger partial charge in [0, 0.05) is 34.0 Å². The molecule has 37 heavy (non-hydrogen) atoms. The number of aromatic nitrogens is 1. The lowest BCUT2D eigenvalue weighted by molar-refractivity contribution is -0.660. The number of nitrogens with zero attached hydrogens (tertiary/aromatic N) is 1. The normalized spacial score (nSPS) is 22.7. The van der Waals surface area contributed by atoms with Crippen LogP contribution < -0.4 is 4.57 Å². The number of hydrogen-bond donors (Lipinski definition) is 0. The molecule has 0 radical (unpaired) electrons. The zero-order valence-electron chi connectivity index (χ0n) is 25.7. The van der Waals surface area contributed by atoms with Gasteiger partial charge in [-0.3, -0.25) is 0 Å². The Morgan fingerprint density at radius 1 is 0.811 bits per heavy atom. The number of fused-ring (bicyclic) bond motifs is 4. The lowest BCUT2D eigenvalue weighted by Gasteiger charge is -2.34. The highest BCUT2D eigenvalue weighted by atomic mass is 16.3. The molecule has 5 aromatic rings. The molecule has 0 spiro atoms. The summed E-state index contributed by atoms with van der Waals surface area (Å²) in [5, 5.41) is 2.07. The van der Waals surface area contributed by atoms with E-state index in [0.29, 0.717) is 11.1 Å². The quantitative estimate of drug-likeness (QED) is 0.231. The SMILES string of the molecule is [2H]C1([2H])CC(C2CCCCC2)C([2H])([2H])c2ccc(-c3cccc4c3oc3c(-c5cccc[n+]5C)c(C)ccc34)cc21. The van der Waals surface area contributed by atoms with Crippen molar-refractivity contribution in [3.05, 3.63) is 89.6 Å². The first-order valence-corrected chi connectivity index (χ1v) is 13.7.